The molecule has 0 aliphatic carbocycles. The molecular formula is C30H54O2Si2. The lowest BCUT2D eigenvalue weighted by molar-refractivity contribution is 0.388. The zero-order chi connectivity index (χ0) is 26.3. The first kappa shape index (κ1) is 30.8. The van der Waals surface area contributed by atoms with Crippen molar-refractivity contribution in [1.82, 2.24) is 0 Å². The van der Waals surface area contributed by atoms with E-state index in [-0.39, 0.29) is 0 Å². The molecule has 1 aromatic rings. The maximum absolute atomic E-state index is 6.80. The van der Waals surface area contributed by atoms with E-state index in [1.54, 1.807) is 0 Å². The average molecular weight is 503 g/mol. The molecule has 0 unspecified atom stereocenters. The minimum atomic E-state index is -1.93. The molecule has 1 rings (SSSR count). The molecule has 0 spiro atoms. The van der Waals surface area contributed by atoms with Crippen LogP contribution in [0.3, 0.4) is 0 Å². The van der Waals surface area contributed by atoms with Crippen LogP contribution in [0.4, 0.5) is 0 Å². The Balaban J connectivity index is 2.78. The van der Waals surface area contributed by atoms with Crippen molar-refractivity contribution in [2.24, 2.45) is 0 Å². The molecule has 34 heavy (non-hydrogen) atoms. The maximum Gasteiger partial charge on any atom is 0.258 e. The highest BCUT2D eigenvalue weighted by atomic mass is 28.4. The number of allylic oxidation sites excluding steroid dienone is 2. The summed E-state index contributed by atoms with van der Waals surface area (Å²) in [5.41, 5.74) is 4.75. The Kier molecular flexibility index (Phi) is 11.9. The lowest BCUT2D eigenvalue weighted by Crippen LogP contribution is -2.50. The highest BCUT2D eigenvalue weighted by Gasteiger charge is 2.47. The number of aryl methyl sites for hydroxylation is 1. The Hall–Kier alpha value is -1.27. The normalized spacial score (nSPS) is 13.4. The van der Waals surface area contributed by atoms with Crippen molar-refractivity contribution in [1.29, 1.82) is 0 Å². The third kappa shape index (κ3) is 7.13. The van der Waals surface area contributed by atoms with Gasteiger partial charge in [-0.1, -0.05) is 108 Å². The van der Waals surface area contributed by atoms with Gasteiger partial charge in [0.2, 0.25) is 0 Å². The molecule has 0 saturated carbocycles. The SMILES string of the molecule is C=C(/C=C/CCc1ccc(O[Si](C(C)C)(C(C)C)C(C)C)cc1)O[Si](C(C)C)(C(C)C)C(C)C. The van der Waals surface area contributed by atoms with Gasteiger partial charge in [0.25, 0.3) is 16.6 Å². The molecule has 2 nitrogen and oxygen atoms in total. The molecule has 0 saturated heterocycles. The largest absolute Gasteiger partial charge is 0.543 e. The minimum Gasteiger partial charge on any atom is -0.543 e. The fourth-order valence-corrected chi connectivity index (χ4v) is 16.8. The Labute approximate surface area is 214 Å². The minimum absolute atomic E-state index is 0.558. The summed E-state index contributed by atoms with van der Waals surface area (Å²) in [5.74, 6) is 1.85. The smallest absolute Gasteiger partial charge is 0.258 e. The first-order valence-corrected chi connectivity index (χ1v) is 17.8. The van der Waals surface area contributed by atoms with E-state index in [1.807, 2.05) is 0 Å². The van der Waals surface area contributed by atoms with Crippen molar-refractivity contribution in [3.8, 4) is 5.75 Å². The molecule has 0 N–H and O–H groups in total. The van der Waals surface area contributed by atoms with Crippen LogP contribution < -0.4 is 4.43 Å². The quantitative estimate of drug-likeness (QED) is 0.143. The van der Waals surface area contributed by atoms with Crippen LogP contribution in [0.25, 0.3) is 0 Å². The molecule has 0 heterocycles. The van der Waals surface area contributed by atoms with Crippen molar-refractivity contribution in [3.63, 3.8) is 0 Å². The summed E-state index contributed by atoms with van der Waals surface area (Å²) in [7, 11) is -3.83. The van der Waals surface area contributed by atoms with Gasteiger partial charge >= 0.3 is 0 Å². The first-order chi connectivity index (χ1) is 15.7. The molecule has 0 aliphatic rings. The van der Waals surface area contributed by atoms with Crippen LogP contribution in [0.2, 0.25) is 33.2 Å². The van der Waals surface area contributed by atoms with Crippen LogP contribution in [-0.2, 0) is 10.8 Å². The van der Waals surface area contributed by atoms with E-state index in [0.717, 1.165) is 24.4 Å². The number of rotatable bonds is 14. The molecule has 0 aliphatic heterocycles. The fraction of sp³-hybridized carbons (Fsp3) is 0.667. The predicted octanol–water partition coefficient (Wildman–Crippen LogP) is 10.4. The average Bonchev–Trinajstić information content (AvgIpc) is 2.72. The standard InChI is InChI=1S/C30H54O2Si2/c1-22(2)33(23(3)4,24(5)6)31-28(13)16-14-15-17-29-18-20-30(21-19-29)32-34(25(7)8,26(9)10)27(11)12/h14,16,18-27H,13,15,17H2,1-12H3/b16-14+. The second-order valence-corrected chi connectivity index (χ2v) is 22.6. The summed E-state index contributed by atoms with van der Waals surface area (Å²) < 4.78 is 13.4. The maximum atomic E-state index is 6.80. The molecule has 0 radical (unpaired) electrons. The summed E-state index contributed by atoms with van der Waals surface area (Å²) in [6.07, 6.45) is 6.28. The molecule has 0 amide bonds. The van der Waals surface area contributed by atoms with Crippen molar-refractivity contribution in [3.05, 3.63) is 54.3 Å². The van der Waals surface area contributed by atoms with Crippen LogP contribution in [0.15, 0.2) is 48.8 Å². The van der Waals surface area contributed by atoms with Crippen LogP contribution in [0.5, 0.6) is 5.75 Å². The number of benzene rings is 1. The predicted molar refractivity (Wildman–Crippen MR) is 157 cm³/mol. The van der Waals surface area contributed by atoms with Gasteiger partial charge < -0.3 is 8.85 Å². The molecule has 194 valence electrons. The van der Waals surface area contributed by atoms with Gasteiger partial charge in [0.15, 0.2) is 0 Å². The Morgan fingerprint density at radius 1 is 0.706 bits per heavy atom. The first-order valence-electron chi connectivity index (χ1n) is 13.5. The van der Waals surface area contributed by atoms with Crippen molar-refractivity contribution in [2.75, 3.05) is 0 Å². The third-order valence-electron chi connectivity index (χ3n) is 7.84. The monoisotopic (exact) mass is 502 g/mol. The summed E-state index contributed by atoms with van der Waals surface area (Å²) >= 11 is 0. The van der Waals surface area contributed by atoms with Gasteiger partial charge in [-0.15, -0.1) is 0 Å². The topological polar surface area (TPSA) is 18.5 Å². The summed E-state index contributed by atoms with van der Waals surface area (Å²) in [6, 6.07) is 8.79. The molecule has 0 bridgehead atoms. The van der Waals surface area contributed by atoms with Crippen molar-refractivity contribution >= 4 is 16.6 Å². The number of hydrogen-bond donors (Lipinski definition) is 0. The van der Waals surface area contributed by atoms with Gasteiger partial charge in [-0.2, -0.15) is 0 Å². The third-order valence-corrected chi connectivity index (χ3v) is 19.9. The number of hydrogen-bond acceptors (Lipinski definition) is 2. The van der Waals surface area contributed by atoms with E-state index in [9.17, 15) is 0 Å². The Morgan fingerprint density at radius 3 is 1.50 bits per heavy atom. The van der Waals surface area contributed by atoms with Gasteiger partial charge in [0, 0.05) is 0 Å². The highest BCUT2D eigenvalue weighted by Crippen LogP contribution is 2.44. The van der Waals surface area contributed by atoms with E-state index in [4.69, 9.17) is 8.85 Å². The highest BCUT2D eigenvalue weighted by molar-refractivity contribution is 6.78. The van der Waals surface area contributed by atoms with E-state index < -0.39 is 16.6 Å². The van der Waals surface area contributed by atoms with Gasteiger partial charge in [-0.3, -0.25) is 0 Å². The molecule has 4 heteroatoms. The van der Waals surface area contributed by atoms with Crippen molar-refractivity contribution in [2.45, 2.75) is 129 Å². The van der Waals surface area contributed by atoms with Crippen molar-refractivity contribution < 1.29 is 8.85 Å². The van der Waals surface area contributed by atoms with E-state index in [1.165, 1.54) is 5.56 Å². The van der Waals surface area contributed by atoms with Gasteiger partial charge in [-0.25, -0.2) is 0 Å². The summed E-state index contributed by atoms with van der Waals surface area (Å²) in [6.45, 7) is 32.1. The molecule has 0 fully saturated rings. The van der Waals surface area contributed by atoms with E-state index in [2.05, 4.69) is 126 Å². The Bertz CT molecular complexity index is 730. The van der Waals surface area contributed by atoms with Crippen LogP contribution in [-0.4, -0.2) is 16.6 Å². The fourth-order valence-electron chi connectivity index (χ4n) is 6.36. The lowest BCUT2D eigenvalue weighted by Gasteiger charge is -2.42. The molecule has 0 atom stereocenters. The lowest BCUT2D eigenvalue weighted by atomic mass is 10.1. The van der Waals surface area contributed by atoms with Gasteiger partial charge in [-0.05, 0) is 69.9 Å². The van der Waals surface area contributed by atoms with Gasteiger partial charge in [0.1, 0.15) is 5.75 Å². The van der Waals surface area contributed by atoms with Gasteiger partial charge in [0.05, 0.1) is 5.76 Å². The molecule has 0 aromatic heterocycles. The van der Waals surface area contributed by atoms with E-state index >= 15 is 0 Å². The van der Waals surface area contributed by atoms with E-state index in [0.29, 0.717) is 33.2 Å². The zero-order valence-electron chi connectivity index (χ0n) is 24.4. The second kappa shape index (κ2) is 13.2. The summed E-state index contributed by atoms with van der Waals surface area (Å²) in [4.78, 5) is 0. The van der Waals surface area contributed by atoms with Crippen LogP contribution in [0.1, 0.15) is 95.1 Å². The van der Waals surface area contributed by atoms with Crippen LogP contribution in [0, 0.1) is 0 Å². The Morgan fingerprint density at radius 2 is 1.12 bits per heavy atom. The molecule has 1 aromatic carbocycles. The molecular weight excluding hydrogens is 449 g/mol. The zero-order valence-corrected chi connectivity index (χ0v) is 26.4. The van der Waals surface area contributed by atoms with Crippen LogP contribution >= 0.6 is 0 Å². The summed E-state index contributed by atoms with van der Waals surface area (Å²) in [5, 5.41) is 0. The second-order valence-electron chi connectivity index (χ2n) is 11.9.